The molecule has 0 aliphatic carbocycles. The molecule has 0 fully saturated rings. The van der Waals surface area contributed by atoms with Crippen LogP contribution in [-0.4, -0.2) is 22.1 Å². The molecule has 26 heavy (non-hydrogen) atoms. The molecule has 0 amide bonds. The highest BCUT2D eigenvalue weighted by Gasteiger charge is 2.02. The molecular weight excluding hydrogens is 437 g/mol. The number of hydrogen-bond acceptors (Lipinski definition) is 2. The lowest BCUT2D eigenvalue weighted by Gasteiger charge is -2.10. The first-order chi connectivity index (χ1) is 12.1. The average molecular weight is 463 g/mol. The van der Waals surface area contributed by atoms with Gasteiger partial charge in [-0.15, -0.1) is 24.0 Å². The van der Waals surface area contributed by atoms with Crippen LogP contribution in [0.2, 0.25) is 0 Å². The molecule has 3 rings (SSSR count). The summed E-state index contributed by atoms with van der Waals surface area (Å²) < 4.78 is 2.15. The molecule has 1 aromatic heterocycles. The fraction of sp³-hybridized carbons (Fsp3) is 0.300. The molecule has 0 saturated heterocycles. The van der Waals surface area contributed by atoms with Crippen molar-refractivity contribution >= 4 is 46.7 Å². The Kier molecular flexibility index (Phi) is 7.44. The molecule has 3 N–H and O–H groups in total. The second-order valence-electron chi connectivity index (χ2n) is 6.45. The number of guanidine groups is 1. The molecule has 2 aromatic carbocycles. The third-order valence-electron chi connectivity index (χ3n) is 4.19. The van der Waals surface area contributed by atoms with Gasteiger partial charge in [-0.1, -0.05) is 38.1 Å². The summed E-state index contributed by atoms with van der Waals surface area (Å²) in [5.74, 6) is 0.946. The summed E-state index contributed by atoms with van der Waals surface area (Å²) in [6.45, 7) is 5.90. The number of anilines is 1. The molecular formula is C20H26IN5. The minimum atomic E-state index is 0. The number of nitrogens with two attached hydrogens (primary N) is 1. The van der Waals surface area contributed by atoms with E-state index in [0.29, 0.717) is 18.4 Å². The van der Waals surface area contributed by atoms with Gasteiger partial charge in [0.2, 0.25) is 0 Å². The molecule has 1 heterocycles. The molecule has 0 aliphatic rings. The van der Waals surface area contributed by atoms with E-state index in [0.717, 1.165) is 29.7 Å². The number of aromatic nitrogens is 2. The van der Waals surface area contributed by atoms with Gasteiger partial charge in [-0.2, -0.15) is 0 Å². The van der Waals surface area contributed by atoms with Gasteiger partial charge in [-0.3, -0.25) is 4.99 Å². The number of aryl methyl sites for hydroxylation is 1. The van der Waals surface area contributed by atoms with Crippen molar-refractivity contribution in [3.05, 3.63) is 60.4 Å². The van der Waals surface area contributed by atoms with Crippen molar-refractivity contribution in [1.82, 2.24) is 9.55 Å². The van der Waals surface area contributed by atoms with Crippen LogP contribution in [0.15, 0.2) is 59.9 Å². The zero-order chi connectivity index (χ0) is 17.6. The average Bonchev–Trinajstić information content (AvgIpc) is 3.02. The first-order valence-electron chi connectivity index (χ1n) is 8.70. The van der Waals surface area contributed by atoms with E-state index in [1.54, 1.807) is 0 Å². The molecule has 0 atom stereocenters. The molecule has 0 spiro atoms. The van der Waals surface area contributed by atoms with E-state index in [9.17, 15) is 0 Å². The molecule has 0 aliphatic heterocycles. The smallest absolute Gasteiger partial charge is 0.193 e. The highest BCUT2D eigenvalue weighted by Crippen LogP contribution is 2.18. The van der Waals surface area contributed by atoms with Gasteiger partial charge in [0.05, 0.1) is 17.4 Å². The number of nitrogens with one attached hydrogen (secondary N) is 1. The number of nitrogens with zero attached hydrogens (tertiary/aromatic N) is 3. The number of fused-ring (bicyclic) bond motifs is 1. The number of halogens is 1. The van der Waals surface area contributed by atoms with Crippen LogP contribution in [0.4, 0.5) is 5.69 Å². The van der Waals surface area contributed by atoms with Gasteiger partial charge in [0.15, 0.2) is 5.96 Å². The fourth-order valence-corrected chi connectivity index (χ4v) is 2.79. The first kappa shape index (κ1) is 20.2. The topological polar surface area (TPSA) is 68.2 Å². The van der Waals surface area contributed by atoms with Crippen LogP contribution >= 0.6 is 24.0 Å². The Hall–Kier alpha value is -2.09. The molecule has 3 aromatic rings. The highest BCUT2D eigenvalue weighted by molar-refractivity contribution is 14.0. The van der Waals surface area contributed by atoms with Crippen LogP contribution in [0.25, 0.3) is 11.0 Å². The summed E-state index contributed by atoms with van der Waals surface area (Å²) in [5.41, 5.74) is 10.4. The SMILES string of the molecule is CC(C)c1cccc(NC(N)=NCCCn2cnc3ccccc32)c1.I. The number of para-hydroxylation sites is 2. The summed E-state index contributed by atoms with van der Waals surface area (Å²) in [4.78, 5) is 8.82. The largest absolute Gasteiger partial charge is 0.370 e. The zero-order valence-electron chi connectivity index (χ0n) is 15.2. The maximum atomic E-state index is 6.00. The molecule has 5 nitrogen and oxygen atoms in total. The summed E-state index contributed by atoms with van der Waals surface area (Å²) in [6.07, 6.45) is 2.79. The van der Waals surface area contributed by atoms with Crippen LogP contribution in [-0.2, 0) is 6.54 Å². The Morgan fingerprint density at radius 3 is 2.81 bits per heavy atom. The van der Waals surface area contributed by atoms with Crippen LogP contribution in [0.1, 0.15) is 31.7 Å². The summed E-state index contributed by atoms with van der Waals surface area (Å²) in [5, 5.41) is 3.17. The second kappa shape index (κ2) is 9.56. The number of hydrogen-bond donors (Lipinski definition) is 2. The van der Waals surface area contributed by atoms with Crippen LogP contribution < -0.4 is 11.1 Å². The molecule has 138 valence electrons. The normalized spacial score (nSPS) is 11.6. The van der Waals surface area contributed by atoms with Gasteiger partial charge in [0.1, 0.15) is 0 Å². The summed E-state index contributed by atoms with van der Waals surface area (Å²) >= 11 is 0. The van der Waals surface area contributed by atoms with Crippen LogP contribution in [0.3, 0.4) is 0 Å². The van der Waals surface area contributed by atoms with Gasteiger partial charge in [-0.25, -0.2) is 4.98 Å². The van der Waals surface area contributed by atoms with Crippen molar-refractivity contribution in [1.29, 1.82) is 0 Å². The van der Waals surface area contributed by atoms with Gasteiger partial charge < -0.3 is 15.6 Å². The predicted molar refractivity (Wildman–Crippen MR) is 120 cm³/mol. The Bertz CT molecular complexity index is 869. The number of aliphatic imine (C=N–C) groups is 1. The third-order valence-corrected chi connectivity index (χ3v) is 4.19. The van der Waals surface area contributed by atoms with Crippen molar-refractivity contribution in [2.24, 2.45) is 10.7 Å². The maximum absolute atomic E-state index is 6.00. The second-order valence-corrected chi connectivity index (χ2v) is 6.45. The van der Waals surface area contributed by atoms with Crippen molar-refractivity contribution < 1.29 is 0 Å². The van der Waals surface area contributed by atoms with E-state index in [1.807, 2.05) is 36.7 Å². The minimum absolute atomic E-state index is 0. The zero-order valence-corrected chi connectivity index (χ0v) is 17.6. The number of rotatable bonds is 6. The quantitative estimate of drug-likeness (QED) is 0.243. The third kappa shape index (κ3) is 5.20. The van der Waals surface area contributed by atoms with Crippen LogP contribution in [0, 0.1) is 0 Å². The van der Waals surface area contributed by atoms with Gasteiger partial charge in [0.25, 0.3) is 0 Å². The van der Waals surface area contributed by atoms with Gasteiger partial charge in [0, 0.05) is 18.8 Å². The Morgan fingerprint density at radius 2 is 2.00 bits per heavy atom. The fourth-order valence-electron chi connectivity index (χ4n) is 2.79. The maximum Gasteiger partial charge on any atom is 0.193 e. The van der Waals surface area contributed by atoms with Crippen molar-refractivity contribution in [3.8, 4) is 0 Å². The molecule has 0 radical (unpaired) electrons. The van der Waals surface area contributed by atoms with Crippen molar-refractivity contribution in [2.75, 3.05) is 11.9 Å². The van der Waals surface area contributed by atoms with E-state index in [4.69, 9.17) is 5.73 Å². The molecule has 0 unspecified atom stereocenters. The van der Waals surface area contributed by atoms with E-state index in [2.05, 4.69) is 51.9 Å². The Balaban J connectivity index is 0.00000243. The lowest BCUT2D eigenvalue weighted by Crippen LogP contribution is -2.23. The lowest BCUT2D eigenvalue weighted by molar-refractivity contribution is 0.666. The Labute approximate surface area is 171 Å². The van der Waals surface area contributed by atoms with Crippen molar-refractivity contribution in [3.63, 3.8) is 0 Å². The number of benzene rings is 2. The Morgan fingerprint density at radius 1 is 1.19 bits per heavy atom. The summed E-state index contributed by atoms with van der Waals surface area (Å²) in [7, 11) is 0. The van der Waals surface area contributed by atoms with E-state index < -0.39 is 0 Å². The van der Waals surface area contributed by atoms with Crippen LogP contribution in [0.5, 0.6) is 0 Å². The van der Waals surface area contributed by atoms with Crippen molar-refractivity contribution in [2.45, 2.75) is 32.7 Å². The molecule has 0 saturated carbocycles. The lowest BCUT2D eigenvalue weighted by atomic mass is 10.0. The molecule has 0 bridgehead atoms. The van der Waals surface area contributed by atoms with E-state index in [1.165, 1.54) is 5.56 Å². The van der Waals surface area contributed by atoms with E-state index in [-0.39, 0.29) is 24.0 Å². The van der Waals surface area contributed by atoms with Gasteiger partial charge in [-0.05, 0) is 42.2 Å². The highest BCUT2D eigenvalue weighted by atomic mass is 127. The number of imidazole rings is 1. The van der Waals surface area contributed by atoms with E-state index >= 15 is 0 Å². The summed E-state index contributed by atoms with van der Waals surface area (Å²) in [6, 6.07) is 16.4. The monoisotopic (exact) mass is 463 g/mol. The predicted octanol–water partition coefficient (Wildman–Crippen LogP) is 4.59. The van der Waals surface area contributed by atoms with Gasteiger partial charge >= 0.3 is 0 Å². The standard InChI is InChI=1S/C20H25N5.HI/c1-15(2)16-7-5-8-17(13-16)24-20(21)22-11-6-12-25-14-23-18-9-3-4-10-19(18)25;/h3-5,7-10,13-15H,6,11-12H2,1-2H3,(H3,21,22,24);1H. The molecule has 6 heteroatoms. The first-order valence-corrected chi connectivity index (χ1v) is 8.70. The minimum Gasteiger partial charge on any atom is -0.370 e.